The Hall–Kier alpha value is -2.63. The summed E-state index contributed by atoms with van der Waals surface area (Å²) in [7, 11) is 3.70. The van der Waals surface area contributed by atoms with Crippen molar-refractivity contribution in [2.75, 3.05) is 24.7 Å². The lowest BCUT2D eigenvalue weighted by Crippen LogP contribution is -2.16. The van der Waals surface area contributed by atoms with Crippen molar-refractivity contribution in [2.24, 2.45) is 0 Å². The highest BCUT2D eigenvalue weighted by Gasteiger charge is 2.15. The van der Waals surface area contributed by atoms with Crippen LogP contribution in [0.4, 0.5) is 11.4 Å². The van der Waals surface area contributed by atoms with Gasteiger partial charge in [0.25, 0.3) is 0 Å². The van der Waals surface area contributed by atoms with Gasteiger partial charge in [0.1, 0.15) is 0 Å². The zero-order valence-corrected chi connectivity index (χ0v) is 11.4. The molecule has 0 bridgehead atoms. The van der Waals surface area contributed by atoms with E-state index in [1.165, 1.54) is 0 Å². The minimum atomic E-state index is -0.451. The summed E-state index contributed by atoms with van der Waals surface area (Å²) in [5, 5.41) is 0. The third-order valence-electron chi connectivity index (χ3n) is 2.67. The van der Waals surface area contributed by atoms with Crippen molar-refractivity contribution in [1.29, 1.82) is 0 Å². The van der Waals surface area contributed by atoms with Gasteiger partial charge in [-0.05, 0) is 24.3 Å². The first-order valence-electron chi connectivity index (χ1n) is 6.08. The van der Waals surface area contributed by atoms with Crippen molar-refractivity contribution in [2.45, 2.75) is 6.61 Å². The third-order valence-corrected chi connectivity index (χ3v) is 2.67. The number of hydrogen-bond donors (Lipinski definition) is 1. The van der Waals surface area contributed by atoms with E-state index in [4.69, 9.17) is 10.5 Å². The molecule has 1 heterocycles. The van der Waals surface area contributed by atoms with Gasteiger partial charge in [-0.15, -0.1) is 0 Å². The highest BCUT2D eigenvalue weighted by atomic mass is 16.5. The van der Waals surface area contributed by atoms with Crippen LogP contribution in [0.2, 0.25) is 0 Å². The molecule has 0 radical (unpaired) electrons. The van der Waals surface area contributed by atoms with E-state index < -0.39 is 5.97 Å². The number of nitrogens with zero attached hydrogens (tertiary/aromatic N) is 3. The van der Waals surface area contributed by atoms with E-state index in [2.05, 4.69) is 9.97 Å². The Morgan fingerprint density at radius 3 is 2.65 bits per heavy atom. The van der Waals surface area contributed by atoms with Crippen LogP contribution in [0.3, 0.4) is 0 Å². The Bertz CT molecular complexity index is 599. The lowest BCUT2D eigenvalue weighted by molar-refractivity contribution is 0.0463. The van der Waals surface area contributed by atoms with Crippen LogP contribution in [-0.4, -0.2) is 30.0 Å². The average Bonchev–Trinajstić information content (AvgIpc) is 2.45. The van der Waals surface area contributed by atoms with Crippen LogP contribution >= 0.6 is 0 Å². The quantitative estimate of drug-likeness (QED) is 0.670. The van der Waals surface area contributed by atoms with Crippen molar-refractivity contribution in [1.82, 2.24) is 9.97 Å². The fourth-order valence-corrected chi connectivity index (χ4v) is 1.72. The maximum Gasteiger partial charge on any atom is 0.340 e. The first kappa shape index (κ1) is 13.8. The monoisotopic (exact) mass is 272 g/mol. The molecule has 20 heavy (non-hydrogen) atoms. The number of aromatic nitrogens is 2. The van der Waals surface area contributed by atoms with E-state index in [9.17, 15) is 4.79 Å². The average molecular weight is 272 g/mol. The predicted molar refractivity (Wildman–Crippen MR) is 76.3 cm³/mol. The van der Waals surface area contributed by atoms with Gasteiger partial charge >= 0.3 is 5.97 Å². The van der Waals surface area contributed by atoms with Gasteiger partial charge in [0.05, 0.1) is 11.3 Å². The number of carbonyl (C=O) groups is 1. The van der Waals surface area contributed by atoms with Crippen LogP contribution in [0.15, 0.2) is 36.7 Å². The molecule has 2 aromatic rings. The molecule has 1 aromatic heterocycles. The van der Waals surface area contributed by atoms with Gasteiger partial charge in [0.2, 0.25) is 0 Å². The van der Waals surface area contributed by atoms with E-state index in [0.717, 1.165) is 5.69 Å². The van der Waals surface area contributed by atoms with E-state index in [1.54, 1.807) is 36.7 Å². The van der Waals surface area contributed by atoms with E-state index in [1.807, 2.05) is 19.0 Å². The highest BCUT2D eigenvalue weighted by Crippen LogP contribution is 2.22. The fourth-order valence-electron chi connectivity index (χ4n) is 1.72. The van der Waals surface area contributed by atoms with Crippen LogP contribution in [0.1, 0.15) is 16.2 Å². The van der Waals surface area contributed by atoms with Crippen molar-refractivity contribution < 1.29 is 9.53 Å². The van der Waals surface area contributed by atoms with Crippen LogP contribution < -0.4 is 10.6 Å². The Balaban J connectivity index is 2.15. The first-order chi connectivity index (χ1) is 9.58. The second kappa shape index (κ2) is 6.01. The zero-order valence-electron chi connectivity index (χ0n) is 11.4. The van der Waals surface area contributed by atoms with Crippen molar-refractivity contribution in [3.05, 3.63) is 48.0 Å². The van der Waals surface area contributed by atoms with Crippen LogP contribution in [-0.2, 0) is 11.3 Å². The molecule has 0 aliphatic heterocycles. The number of ether oxygens (including phenoxy) is 1. The van der Waals surface area contributed by atoms with Crippen molar-refractivity contribution in [3.63, 3.8) is 0 Å². The Labute approximate surface area is 117 Å². The van der Waals surface area contributed by atoms with E-state index in [0.29, 0.717) is 17.1 Å². The molecular formula is C14H16N4O2. The van der Waals surface area contributed by atoms with Gasteiger partial charge in [-0.1, -0.05) is 0 Å². The largest absolute Gasteiger partial charge is 0.454 e. The number of hydrogen-bond acceptors (Lipinski definition) is 6. The van der Waals surface area contributed by atoms with Gasteiger partial charge in [-0.2, -0.15) is 0 Å². The van der Waals surface area contributed by atoms with Gasteiger partial charge in [-0.25, -0.2) is 14.8 Å². The molecule has 104 valence electrons. The smallest absolute Gasteiger partial charge is 0.340 e. The molecule has 0 unspecified atom stereocenters. The molecule has 0 fully saturated rings. The van der Waals surface area contributed by atoms with E-state index >= 15 is 0 Å². The molecule has 0 atom stereocenters. The van der Waals surface area contributed by atoms with Gasteiger partial charge < -0.3 is 15.4 Å². The van der Waals surface area contributed by atoms with Crippen molar-refractivity contribution in [3.8, 4) is 0 Å². The van der Waals surface area contributed by atoms with E-state index in [-0.39, 0.29) is 6.61 Å². The summed E-state index contributed by atoms with van der Waals surface area (Å²) in [6.45, 7) is 0.0291. The number of benzene rings is 1. The lowest BCUT2D eigenvalue weighted by atomic mass is 10.1. The summed E-state index contributed by atoms with van der Waals surface area (Å²) >= 11 is 0. The Kier molecular flexibility index (Phi) is 4.14. The number of nitrogens with two attached hydrogens (primary N) is 1. The van der Waals surface area contributed by atoms with Crippen LogP contribution in [0.25, 0.3) is 0 Å². The second-order valence-corrected chi connectivity index (χ2v) is 4.41. The van der Waals surface area contributed by atoms with Crippen LogP contribution in [0.5, 0.6) is 0 Å². The molecule has 0 saturated heterocycles. The fraction of sp³-hybridized carbons (Fsp3) is 0.214. The maximum absolute atomic E-state index is 12.1. The number of esters is 1. The molecule has 6 nitrogen and oxygen atoms in total. The van der Waals surface area contributed by atoms with Gasteiger partial charge in [0.15, 0.2) is 12.4 Å². The number of nitrogen functional groups attached to an aromatic ring is 1. The summed E-state index contributed by atoms with van der Waals surface area (Å²) in [4.78, 5) is 22.0. The number of anilines is 2. The summed E-state index contributed by atoms with van der Waals surface area (Å²) in [6, 6.07) is 6.83. The van der Waals surface area contributed by atoms with Crippen LogP contribution in [0, 0.1) is 0 Å². The minimum Gasteiger partial charge on any atom is -0.454 e. The molecule has 1 aromatic carbocycles. The number of carbonyl (C=O) groups excluding carboxylic acids is 1. The standard InChI is InChI=1S/C14H16N4O2/c1-18(2)12-5-4-10(15)8-11(12)14(19)20-9-13-16-6-3-7-17-13/h3-8H,9,15H2,1-2H3. The molecule has 0 spiro atoms. The molecule has 0 aliphatic carbocycles. The zero-order chi connectivity index (χ0) is 14.5. The molecule has 2 N–H and O–H groups in total. The molecule has 6 heteroatoms. The molecule has 0 saturated carbocycles. The summed E-state index contributed by atoms with van der Waals surface area (Å²) in [6.07, 6.45) is 3.20. The molecule has 0 aliphatic rings. The first-order valence-corrected chi connectivity index (χ1v) is 6.08. The summed E-state index contributed by atoms with van der Waals surface area (Å²) in [5.41, 5.74) is 7.40. The number of rotatable bonds is 4. The molecule has 0 amide bonds. The predicted octanol–water partition coefficient (Wildman–Crippen LogP) is 1.48. The Morgan fingerprint density at radius 2 is 2.00 bits per heavy atom. The maximum atomic E-state index is 12.1. The molecule has 2 rings (SSSR count). The summed E-state index contributed by atoms with van der Waals surface area (Å²) < 4.78 is 5.21. The minimum absolute atomic E-state index is 0.0291. The normalized spacial score (nSPS) is 10.1. The third kappa shape index (κ3) is 3.23. The van der Waals surface area contributed by atoms with Gasteiger partial charge in [0, 0.05) is 32.2 Å². The SMILES string of the molecule is CN(C)c1ccc(N)cc1C(=O)OCc1ncccn1. The van der Waals surface area contributed by atoms with Crippen molar-refractivity contribution >= 4 is 17.3 Å². The lowest BCUT2D eigenvalue weighted by Gasteiger charge is -2.17. The summed E-state index contributed by atoms with van der Waals surface area (Å²) in [5.74, 6) is 0.00427. The van der Waals surface area contributed by atoms with Gasteiger partial charge in [-0.3, -0.25) is 0 Å². The Morgan fingerprint density at radius 1 is 1.30 bits per heavy atom. The topological polar surface area (TPSA) is 81.3 Å². The molecular weight excluding hydrogens is 256 g/mol. The highest BCUT2D eigenvalue weighted by molar-refractivity contribution is 5.96. The second-order valence-electron chi connectivity index (χ2n) is 4.41.